The minimum absolute atomic E-state index is 0.0337. The summed E-state index contributed by atoms with van der Waals surface area (Å²) in [4.78, 5) is 22.0. The molecule has 2 aromatic rings. The number of halogens is 1. The second-order valence-corrected chi connectivity index (χ2v) is 15.1. The molecule has 240 valence electrons. The van der Waals surface area contributed by atoms with E-state index in [1.807, 2.05) is 13.8 Å². The standard InChI is InChI=1S/C15H21NO4S.C8H15NO2.C7H7ClO2S/c1-11-3-9-15(10-4-11)21(18,19)20-14-7-5-13(6-8-14)16-12(2)17;1-6(10)9-7-2-4-8(11)5-3-7;1-6-2-4-7(5-3-6)11(8,9)10/h3-4,9-10,13-14H,5-8H2,1-2H3,(H,16,17);7-8,11H,2-5H2,1H3,(H,9,10);2-5H,1H3. The number of carbonyl (C=O) groups excluding carboxylic acids is 2. The first-order chi connectivity index (χ1) is 20.0. The number of rotatable bonds is 6. The number of aliphatic hydroxyl groups is 1. The molecule has 2 aliphatic rings. The molecule has 0 aliphatic heterocycles. The van der Waals surface area contributed by atoms with E-state index in [2.05, 4.69) is 10.6 Å². The Bertz CT molecular complexity index is 1380. The van der Waals surface area contributed by atoms with Crippen LogP contribution in [-0.4, -0.2) is 58.0 Å². The molecular weight excluding hydrogens is 616 g/mol. The van der Waals surface area contributed by atoms with E-state index in [1.54, 1.807) is 36.4 Å². The van der Waals surface area contributed by atoms with Gasteiger partial charge in [0.2, 0.25) is 11.8 Å². The predicted octanol–water partition coefficient (Wildman–Crippen LogP) is 4.50. The van der Waals surface area contributed by atoms with Crippen molar-refractivity contribution in [1.29, 1.82) is 0 Å². The number of nitrogens with one attached hydrogen (secondary N) is 2. The van der Waals surface area contributed by atoms with Crippen LogP contribution in [0.25, 0.3) is 0 Å². The normalized spacial score (nSPS) is 22.1. The third-order valence-corrected chi connectivity index (χ3v) is 9.81. The van der Waals surface area contributed by atoms with Crippen molar-refractivity contribution in [2.45, 2.75) is 113 Å². The van der Waals surface area contributed by atoms with Gasteiger partial charge in [-0.3, -0.25) is 13.8 Å². The number of aliphatic hydroxyl groups excluding tert-OH is 1. The third kappa shape index (κ3) is 14.2. The maximum absolute atomic E-state index is 12.2. The topological polar surface area (TPSA) is 156 Å². The number of aryl methyl sites for hydroxylation is 2. The molecule has 10 nitrogen and oxygen atoms in total. The van der Waals surface area contributed by atoms with Crippen LogP contribution in [0.5, 0.6) is 0 Å². The van der Waals surface area contributed by atoms with Gasteiger partial charge in [0, 0.05) is 36.6 Å². The fraction of sp³-hybridized carbons (Fsp3) is 0.533. The number of benzene rings is 2. The van der Waals surface area contributed by atoms with Crippen LogP contribution in [0.15, 0.2) is 58.3 Å². The molecule has 0 saturated heterocycles. The van der Waals surface area contributed by atoms with Crippen LogP contribution in [0.2, 0.25) is 0 Å². The van der Waals surface area contributed by atoms with Crippen molar-refractivity contribution < 1.29 is 35.7 Å². The Morgan fingerprint density at radius 3 is 1.44 bits per heavy atom. The van der Waals surface area contributed by atoms with Gasteiger partial charge in [-0.05, 0) is 89.5 Å². The Balaban J connectivity index is 0.000000247. The van der Waals surface area contributed by atoms with Gasteiger partial charge in [-0.15, -0.1) is 0 Å². The van der Waals surface area contributed by atoms with Gasteiger partial charge < -0.3 is 15.7 Å². The van der Waals surface area contributed by atoms with Crippen molar-refractivity contribution in [3.8, 4) is 0 Å². The van der Waals surface area contributed by atoms with Gasteiger partial charge in [0.25, 0.3) is 19.2 Å². The molecule has 2 aromatic carbocycles. The smallest absolute Gasteiger partial charge is 0.297 e. The van der Waals surface area contributed by atoms with Crippen LogP contribution in [0, 0.1) is 13.8 Å². The van der Waals surface area contributed by atoms with Crippen molar-refractivity contribution >= 4 is 41.7 Å². The summed E-state index contributed by atoms with van der Waals surface area (Å²) in [6, 6.07) is 13.4. The summed E-state index contributed by atoms with van der Waals surface area (Å²) in [5.74, 6) is -0.0157. The number of hydrogen-bond donors (Lipinski definition) is 3. The van der Waals surface area contributed by atoms with E-state index in [4.69, 9.17) is 20.0 Å². The van der Waals surface area contributed by atoms with E-state index >= 15 is 0 Å². The molecule has 0 heterocycles. The summed E-state index contributed by atoms with van der Waals surface area (Å²) < 4.78 is 51.1. The summed E-state index contributed by atoms with van der Waals surface area (Å²) >= 11 is 0. The number of carbonyl (C=O) groups is 2. The predicted molar refractivity (Wildman–Crippen MR) is 166 cm³/mol. The van der Waals surface area contributed by atoms with Gasteiger partial charge in [0.15, 0.2) is 0 Å². The number of amides is 2. The highest BCUT2D eigenvalue weighted by Crippen LogP contribution is 2.25. The van der Waals surface area contributed by atoms with Crippen molar-refractivity contribution in [2.24, 2.45) is 0 Å². The molecule has 0 radical (unpaired) electrons. The maximum Gasteiger partial charge on any atom is 0.297 e. The minimum Gasteiger partial charge on any atom is -0.393 e. The first-order valence-electron chi connectivity index (χ1n) is 14.3. The van der Waals surface area contributed by atoms with Gasteiger partial charge in [0.05, 0.1) is 22.0 Å². The van der Waals surface area contributed by atoms with Gasteiger partial charge >= 0.3 is 0 Å². The molecular formula is C30H43ClN2O8S2. The molecule has 0 atom stereocenters. The Morgan fingerprint density at radius 1 is 0.698 bits per heavy atom. The Morgan fingerprint density at radius 2 is 1.07 bits per heavy atom. The lowest BCUT2D eigenvalue weighted by molar-refractivity contribution is -0.120. The second-order valence-electron chi connectivity index (χ2n) is 11.0. The summed E-state index contributed by atoms with van der Waals surface area (Å²) in [5.41, 5.74) is 2.01. The molecule has 3 N–H and O–H groups in total. The molecule has 2 fully saturated rings. The lowest BCUT2D eigenvalue weighted by Crippen LogP contribution is -2.38. The van der Waals surface area contributed by atoms with Crippen LogP contribution >= 0.6 is 10.7 Å². The fourth-order valence-corrected chi connectivity index (χ4v) is 6.64. The molecule has 0 aromatic heterocycles. The van der Waals surface area contributed by atoms with Crippen molar-refractivity contribution in [3.05, 3.63) is 59.7 Å². The monoisotopic (exact) mass is 658 g/mol. The molecule has 4 rings (SSSR count). The van der Waals surface area contributed by atoms with Gasteiger partial charge in [0.1, 0.15) is 0 Å². The quantitative estimate of drug-likeness (QED) is 0.303. The zero-order valence-corrected chi connectivity index (χ0v) is 27.5. The summed E-state index contributed by atoms with van der Waals surface area (Å²) in [6.07, 6.45) is 5.80. The average Bonchev–Trinajstić information content (AvgIpc) is 2.91. The Kier molecular flexibility index (Phi) is 14.6. The maximum atomic E-state index is 12.2. The molecule has 0 bridgehead atoms. The van der Waals surface area contributed by atoms with Gasteiger partial charge in [-0.2, -0.15) is 8.42 Å². The van der Waals surface area contributed by atoms with Crippen LogP contribution in [0.3, 0.4) is 0 Å². The Labute approximate surface area is 260 Å². The highest BCUT2D eigenvalue weighted by molar-refractivity contribution is 8.13. The van der Waals surface area contributed by atoms with Crippen molar-refractivity contribution in [3.63, 3.8) is 0 Å². The lowest BCUT2D eigenvalue weighted by atomic mass is 9.93. The van der Waals surface area contributed by atoms with Crippen molar-refractivity contribution in [1.82, 2.24) is 10.6 Å². The lowest BCUT2D eigenvalue weighted by Gasteiger charge is -2.28. The highest BCUT2D eigenvalue weighted by atomic mass is 35.7. The van der Waals surface area contributed by atoms with Gasteiger partial charge in [-0.25, -0.2) is 8.42 Å². The Hall–Kier alpha value is -2.51. The second kappa shape index (κ2) is 17.1. The van der Waals surface area contributed by atoms with Crippen molar-refractivity contribution in [2.75, 3.05) is 0 Å². The molecule has 13 heteroatoms. The first kappa shape index (κ1) is 36.7. The molecule has 2 saturated carbocycles. The summed E-state index contributed by atoms with van der Waals surface area (Å²) in [5, 5.41) is 14.9. The summed E-state index contributed by atoms with van der Waals surface area (Å²) in [7, 11) is -2.17. The van der Waals surface area contributed by atoms with Gasteiger partial charge in [-0.1, -0.05) is 35.4 Å². The molecule has 0 spiro atoms. The zero-order chi connectivity index (χ0) is 32.2. The average molecular weight is 659 g/mol. The van der Waals surface area contributed by atoms with E-state index in [0.29, 0.717) is 18.9 Å². The molecule has 2 aliphatic carbocycles. The largest absolute Gasteiger partial charge is 0.393 e. The van der Waals surface area contributed by atoms with E-state index in [9.17, 15) is 26.4 Å². The van der Waals surface area contributed by atoms with E-state index in [-0.39, 0.29) is 39.9 Å². The first-order valence-corrected chi connectivity index (χ1v) is 18.0. The summed E-state index contributed by atoms with van der Waals surface area (Å²) in [6.45, 7) is 6.81. The van der Waals surface area contributed by atoms with Crippen LogP contribution in [0.4, 0.5) is 0 Å². The van der Waals surface area contributed by atoms with Crippen LogP contribution in [-0.2, 0) is 32.9 Å². The number of hydrogen-bond acceptors (Lipinski definition) is 8. The van der Waals surface area contributed by atoms with E-state index < -0.39 is 19.2 Å². The molecule has 43 heavy (non-hydrogen) atoms. The third-order valence-electron chi connectivity index (χ3n) is 7.06. The SMILES string of the molecule is CC(=O)NC1CCC(O)CC1.CC(=O)NC1CCC(OS(=O)(=O)c2ccc(C)cc2)CC1.Cc1ccc(S(=O)(=O)Cl)cc1. The zero-order valence-electron chi connectivity index (χ0n) is 25.1. The fourth-order valence-electron chi connectivity index (χ4n) is 4.74. The highest BCUT2D eigenvalue weighted by Gasteiger charge is 2.27. The van der Waals surface area contributed by atoms with Crippen LogP contribution in [0.1, 0.15) is 76.3 Å². The van der Waals surface area contributed by atoms with Crippen LogP contribution < -0.4 is 10.6 Å². The minimum atomic E-state index is -3.70. The molecule has 2 amide bonds. The van der Waals surface area contributed by atoms with E-state index in [1.165, 1.54) is 26.0 Å². The van der Waals surface area contributed by atoms with E-state index in [0.717, 1.165) is 49.7 Å². The molecule has 0 unspecified atom stereocenters.